The van der Waals surface area contributed by atoms with Crippen LogP contribution in [0.25, 0.3) is 0 Å². The average molecular weight is 268 g/mol. The Morgan fingerprint density at radius 2 is 1.68 bits per heavy atom. The van der Waals surface area contributed by atoms with Crippen molar-refractivity contribution in [3.63, 3.8) is 0 Å². The monoisotopic (exact) mass is 267 g/mol. The molecular weight excluding hydrogens is 230 g/mol. The molecule has 0 saturated heterocycles. The fourth-order valence-corrected chi connectivity index (χ4v) is 4.23. The topological polar surface area (TPSA) is 12.0 Å². The largest absolute Gasteiger partial charge is 0.309 e. The highest BCUT2D eigenvalue weighted by Gasteiger charge is 2.30. The summed E-state index contributed by atoms with van der Waals surface area (Å²) in [4.78, 5) is 0. The van der Waals surface area contributed by atoms with Gasteiger partial charge in [-0.1, -0.05) is 47.5 Å². The Bertz CT molecular complexity index is 259. The fraction of sp³-hybridized carbons (Fsp3) is 1.00. The molecule has 2 unspecified atom stereocenters. The van der Waals surface area contributed by atoms with Gasteiger partial charge in [-0.3, -0.25) is 0 Å². The standard InChI is InChI=1S/C18H37N/c1-14(2)11-15-9-8-10-16(12-15)19-18(6,7)13-17(3,4)5/h14-16,19H,8-13H2,1-7H3. The molecule has 0 heterocycles. The first-order valence-corrected chi connectivity index (χ1v) is 8.35. The summed E-state index contributed by atoms with van der Waals surface area (Å²) in [6.07, 6.45) is 8.30. The minimum atomic E-state index is 0.267. The smallest absolute Gasteiger partial charge is 0.0132 e. The molecule has 1 aliphatic carbocycles. The van der Waals surface area contributed by atoms with Crippen LogP contribution in [0.4, 0.5) is 0 Å². The van der Waals surface area contributed by atoms with Gasteiger partial charge in [0, 0.05) is 11.6 Å². The summed E-state index contributed by atoms with van der Waals surface area (Å²) in [6, 6.07) is 0.745. The van der Waals surface area contributed by atoms with E-state index in [0.29, 0.717) is 5.41 Å². The van der Waals surface area contributed by atoms with Crippen LogP contribution in [0.2, 0.25) is 0 Å². The zero-order chi connectivity index (χ0) is 14.7. The molecule has 0 spiro atoms. The highest BCUT2D eigenvalue weighted by Crippen LogP contribution is 2.32. The number of hydrogen-bond donors (Lipinski definition) is 1. The van der Waals surface area contributed by atoms with Crippen LogP contribution in [0.15, 0.2) is 0 Å². The maximum atomic E-state index is 3.95. The van der Waals surface area contributed by atoms with Gasteiger partial charge in [0.05, 0.1) is 0 Å². The first kappa shape index (κ1) is 17.0. The van der Waals surface area contributed by atoms with E-state index in [9.17, 15) is 0 Å². The summed E-state index contributed by atoms with van der Waals surface area (Å²) in [7, 11) is 0. The van der Waals surface area contributed by atoms with Gasteiger partial charge in [0.2, 0.25) is 0 Å². The van der Waals surface area contributed by atoms with Crippen LogP contribution < -0.4 is 5.32 Å². The van der Waals surface area contributed by atoms with E-state index in [1.807, 2.05) is 0 Å². The number of rotatable bonds is 5. The van der Waals surface area contributed by atoms with Crippen molar-refractivity contribution >= 4 is 0 Å². The summed E-state index contributed by atoms with van der Waals surface area (Å²) in [5, 5.41) is 3.95. The van der Waals surface area contributed by atoms with Gasteiger partial charge in [-0.25, -0.2) is 0 Å². The molecule has 114 valence electrons. The summed E-state index contributed by atoms with van der Waals surface area (Å²) in [5.74, 6) is 1.81. The molecule has 0 amide bonds. The first-order valence-electron chi connectivity index (χ1n) is 8.35. The Kier molecular flexibility index (Phi) is 5.92. The van der Waals surface area contributed by atoms with Crippen LogP contribution in [0.3, 0.4) is 0 Å². The molecule has 0 radical (unpaired) electrons. The minimum Gasteiger partial charge on any atom is -0.309 e. The second-order valence-electron chi connectivity index (χ2n) is 9.12. The van der Waals surface area contributed by atoms with Crippen LogP contribution in [0.5, 0.6) is 0 Å². The Hall–Kier alpha value is -0.0400. The molecule has 0 aromatic rings. The predicted octanol–water partition coefficient (Wildman–Crippen LogP) is 5.40. The zero-order valence-electron chi connectivity index (χ0n) is 14.5. The maximum Gasteiger partial charge on any atom is 0.0132 e. The van der Waals surface area contributed by atoms with Crippen LogP contribution in [0.1, 0.15) is 87.0 Å². The van der Waals surface area contributed by atoms with Gasteiger partial charge < -0.3 is 5.32 Å². The Morgan fingerprint density at radius 1 is 1.05 bits per heavy atom. The lowest BCUT2D eigenvalue weighted by Gasteiger charge is -2.40. The molecule has 1 saturated carbocycles. The molecule has 0 aliphatic heterocycles. The van der Waals surface area contributed by atoms with E-state index >= 15 is 0 Å². The summed E-state index contributed by atoms with van der Waals surface area (Å²) >= 11 is 0. The van der Waals surface area contributed by atoms with Crippen LogP contribution in [-0.4, -0.2) is 11.6 Å². The summed E-state index contributed by atoms with van der Waals surface area (Å²) in [5.41, 5.74) is 0.672. The molecular formula is C18H37N. The summed E-state index contributed by atoms with van der Waals surface area (Å²) < 4.78 is 0. The molecule has 1 N–H and O–H groups in total. The van der Waals surface area contributed by atoms with Gasteiger partial charge in [0.1, 0.15) is 0 Å². The van der Waals surface area contributed by atoms with E-state index in [2.05, 4.69) is 53.8 Å². The van der Waals surface area contributed by atoms with E-state index < -0.39 is 0 Å². The second-order valence-corrected chi connectivity index (χ2v) is 9.12. The zero-order valence-corrected chi connectivity index (χ0v) is 14.5. The Balaban J connectivity index is 2.47. The van der Waals surface area contributed by atoms with Gasteiger partial charge in [-0.2, -0.15) is 0 Å². The van der Waals surface area contributed by atoms with Crippen molar-refractivity contribution in [2.24, 2.45) is 17.3 Å². The third kappa shape index (κ3) is 7.34. The maximum absolute atomic E-state index is 3.95. The van der Waals surface area contributed by atoms with Crippen molar-refractivity contribution in [1.82, 2.24) is 5.32 Å². The van der Waals surface area contributed by atoms with E-state index in [4.69, 9.17) is 0 Å². The molecule has 2 atom stereocenters. The van der Waals surface area contributed by atoms with Gasteiger partial charge in [0.25, 0.3) is 0 Å². The molecule has 0 aromatic carbocycles. The summed E-state index contributed by atoms with van der Waals surface area (Å²) in [6.45, 7) is 16.5. The second kappa shape index (κ2) is 6.61. The molecule has 1 heteroatoms. The third-order valence-electron chi connectivity index (χ3n) is 4.15. The van der Waals surface area contributed by atoms with E-state index in [0.717, 1.165) is 17.9 Å². The fourth-order valence-electron chi connectivity index (χ4n) is 4.23. The molecule has 0 bridgehead atoms. The lowest BCUT2D eigenvalue weighted by molar-refractivity contribution is 0.178. The average Bonchev–Trinajstić information content (AvgIpc) is 2.11. The van der Waals surface area contributed by atoms with Crippen LogP contribution in [0, 0.1) is 17.3 Å². The molecule has 0 aromatic heterocycles. The van der Waals surface area contributed by atoms with Crippen molar-refractivity contribution in [1.29, 1.82) is 0 Å². The van der Waals surface area contributed by atoms with Crippen LogP contribution in [-0.2, 0) is 0 Å². The lowest BCUT2D eigenvalue weighted by atomic mass is 9.78. The quantitative estimate of drug-likeness (QED) is 0.703. The van der Waals surface area contributed by atoms with Crippen molar-refractivity contribution in [3.8, 4) is 0 Å². The molecule has 1 fully saturated rings. The Morgan fingerprint density at radius 3 is 2.21 bits per heavy atom. The number of hydrogen-bond acceptors (Lipinski definition) is 1. The van der Waals surface area contributed by atoms with E-state index in [1.54, 1.807) is 0 Å². The van der Waals surface area contributed by atoms with Gasteiger partial charge >= 0.3 is 0 Å². The predicted molar refractivity (Wildman–Crippen MR) is 86.5 cm³/mol. The molecule has 1 aliphatic rings. The van der Waals surface area contributed by atoms with Gasteiger partial charge in [0.15, 0.2) is 0 Å². The number of nitrogens with one attached hydrogen (secondary N) is 1. The van der Waals surface area contributed by atoms with Crippen molar-refractivity contribution in [3.05, 3.63) is 0 Å². The van der Waals surface area contributed by atoms with E-state index in [-0.39, 0.29) is 5.54 Å². The minimum absolute atomic E-state index is 0.267. The van der Waals surface area contributed by atoms with Crippen molar-refractivity contribution < 1.29 is 0 Å². The molecule has 1 nitrogen and oxygen atoms in total. The normalized spacial score (nSPS) is 25.9. The van der Waals surface area contributed by atoms with Crippen molar-refractivity contribution in [2.45, 2.75) is 98.6 Å². The highest BCUT2D eigenvalue weighted by molar-refractivity contribution is 4.89. The van der Waals surface area contributed by atoms with Gasteiger partial charge in [-0.05, 0) is 56.8 Å². The SMILES string of the molecule is CC(C)CC1CCCC(NC(C)(C)CC(C)(C)C)C1. The lowest BCUT2D eigenvalue weighted by Crippen LogP contribution is -2.49. The molecule has 19 heavy (non-hydrogen) atoms. The Labute approximate surface area is 121 Å². The third-order valence-corrected chi connectivity index (χ3v) is 4.15. The highest BCUT2D eigenvalue weighted by atomic mass is 15.0. The van der Waals surface area contributed by atoms with Crippen molar-refractivity contribution in [2.75, 3.05) is 0 Å². The first-order chi connectivity index (χ1) is 8.57. The van der Waals surface area contributed by atoms with Gasteiger partial charge in [-0.15, -0.1) is 0 Å². The molecule has 1 rings (SSSR count). The van der Waals surface area contributed by atoms with E-state index in [1.165, 1.54) is 38.5 Å². The van der Waals surface area contributed by atoms with Crippen LogP contribution >= 0.6 is 0 Å².